The highest BCUT2D eigenvalue weighted by Crippen LogP contribution is 2.30. The van der Waals surface area contributed by atoms with Crippen molar-refractivity contribution in [1.29, 1.82) is 0 Å². The number of hydrogen-bond acceptors (Lipinski definition) is 5. The van der Waals surface area contributed by atoms with Crippen molar-refractivity contribution in [3.8, 4) is 0 Å². The zero-order chi connectivity index (χ0) is 20.9. The molecule has 8 heteroatoms. The van der Waals surface area contributed by atoms with Crippen LogP contribution in [0.4, 0.5) is 9.59 Å². The lowest BCUT2D eigenvalue weighted by molar-refractivity contribution is 0.0962. The molecule has 160 valence electrons. The minimum Gasteiger partial charge on any atom is -0.453 e. The van der Waals surface area contributed by atoms with Gasteiger partial charge in [0.2, 0.25) is 0 Å². The number of methoxy groups -OCH3 is 1. The Morgan fingerprint density at radius 3 is 2.53 bits per heavy atom. The van der Waals surface area contributed by atoms with Crippen LogP contribution in [0.15, 0.2) is 41.8 Å². The Labute approximate surface area is 181 Å². The summed E-state index contributed by atoms with van der Waals surface area (Å²) in [5.41, 5.74) is 2.62. The molecule has 1 N–H and O–H groups in total. The molecule has 2 aliphatic heterocycles. The zero-order valence-electron chi connectivity index (χ0n) is 17.3. The topological polar surface area (TPSA) is 65.1 Å². The van der Waals surface area contributed by atoms with E-state index in [-0.39, 0.29) is 18.2 Å². The lowest BCUT2D eigenvalue weighted by Crippen LogP contribution is -2.54. The average molecular weight is 429 g/mol. The molecular formula is C22H28N4O3S. The Hall–Kier alpha value is -2.58. The SMILES string of the molecule is COC(=O)N1CCN(C(=O)NCC(c2ccccc2)N2CCc3sccc3C2)CC1. The molecule has 7 nitrogen and oxygen atoms in total. The van der Waals surface area contributed by atoms with Gasteiger partial charge in [-0.05, 0) is 29.0 Å². The molecule has 3 heterocycles. The van der Waals surface area contributed by atoms with Gasteiger partial charge in [0, 0.05) is 50.7 Å². The Bertz CT molecular complexity index is 864. The van der Waals surface area contributed by atoms with E-state index in [2.05, 4.69) is 45.9 Å². The number of benzene rings is 1. The molecule has 0 spiro atoms. The van der Waals surface area contributed by atoms with Crippen molar-refractivity contribution in [3.05, 3.63) is 57.8 Å². The molecule has 1 aromatic carbocycles. The molecule has 2 aliphatic rings. The van der Waals surface area contributed by atoms with E-state index in [1.807, 2.05) is 17.4 Å². The largest absolute Gasteiger partial charge is 0.453 e. The van der Waals surface area contributed by atoms with Gasteiger partial charge in [-0.3, -0.25) is 4.90 Å². The first-order valence-corrected chi connectivity index (χ1v) is 11.2. The van der Waals surface area contributed by atoms with Crippen molar-refractivity contribution in [1.82, 2.24) is 20.0 Å². The maximum Gasteiger partial charge on any atom is 0.409 e. The van der Waals surface area contributed by atoms with Crippen LogP contribution in [-0.4, -0.2) is 73.2 Å². The lowest BCUT2D eigenvalue weighted by Gasteiger charge is -2.37. The number of nitrogens with zero attached hydrogens (tertiary/aromatic N) is 3. The van der Waals surface area contributed by atoms with Crippen molar-refractivity contribution in [3.63, 3.8) is 0 Å². The second kappa shape index (κ2) is 9.49. The van der Waals surface area contributed by atoms with Crippen molar-refractivity contribution in [2.45, 2.75) is 19.0 Å². The molecule has 1 fully saturated rings. The summed E-state index contributed by atoms with van der Waals surface area (Å²) in [6.45, 7) is 4.47. The van der Waals surface area contributed by atoms with E-state index in [1.54, 1.807) is 9.80 Å². The van der Waals surface area contributed by atoms with Crippen molar-refractivity contribution >= 4 is 23.5 Å². The van der Waals surface area contributed by atoms with Gasteiger partial charge in [0.05, 0.1) is 13.2 Å². The van der Waals surface area contributed by atoms with E-state index < -0.39 is 0 Å². The summed E-state index contributed by atoms with van der Waals surface area (Å²) in [6, 6.07) is 12.7. The van der Waals surface area contributed by atoms with Crippen molar-refractivity contribution < 1.29 is 14.3 Å². The molecule has 30 heavy (non-hydrogen) atoms. The molecule has 4 rings (SSSR count). The first kappa shape index (κ1) is 20.7. The predicted molar refractivity (Wildman–Crippen MR) is 117 cm³/mol. The van der Waals surface area contributed by atoms with Gasteiger partial charge in [-0.25, -0.2) is 9.59 Å². The molecule has 0 aliphatic carbocycles. The number of fused-ring (bicyclic) bond motifs is 1. The van der Waals surface area contributed by atoms with E-state index in [1.165, 1.54) is 23.1 Å². The summed E-state index contributed by atoms with van der Waals surface area (Å²) in [5, 5.41) is 5.31. The maximum atomic E-state index is 12.8. The van der Waals surface area contributed by atoms with Crippen LogP contribution >= 0.6 is 11.3 Å². The summed E-state index contributed by atoms with van der Waals surface area (Å²) < 4.78 is 4.76. The molecule has 3 amide bonds. The first-order valence-electron chi connectivity index (χ1n) is 10.4. The number of carbonyl (C=O) groups is 2. The smallest absolute Gasteiger partial charge is 0.409 e. The Kier molecular flexibility index (Phi) is 6.54. The molecule has 1 atom stereocenters. The molecule has 0 radical (unpaired) electrons. The van der Waals surface area contributed by atoms with Gasteiger partial charge >= 0.3 is 12.1 Å². The van der Waals surface area contributed by atoms with E-state index >= 15 is 0 Å². The highest BCUT2D eigenvalue weighted by molar-refractivity contribution is 7.10. The predicted octanol–water partition coefficient (Wildman–Crippen LogP) is 2.94. The van der Waals surface area contributed by atoms with Gasteiger partial charge in [-0.15, -0.1) is 11.3 Å². The highest BCUT2D eigenvalue weighted by atomic mass is 32.1. The Balaban J connectivity index is 1.38. The standard InChI is InChI=1S/C22H28N4O3S/c1-29-22(28)25-12-10-24(11-13-25)21(27)23-15-19(17-5-3-2-4-6-17)26-9-7-20-18(16-26)8-14-30-20/h2-6,8,14,19H,7,9-13,15-16H2,1H3,(H,23,27). The minimum absolute atomic E-state index is 0.0753. The lowest BCUT2D eigenvalue weighted by atomic mass is 10.0. The quantitative estimate of drug-likeness (QED) is 0.813. The highest BCUT2D eigenvalue weighted by Gasteiger charge is 2.28. The third-order valence-corrected chi connectivity index (χ3v) is 6.93. The summed E-state index contributed by atoms with van der Waals surface area (Å²) in [5.74, 6) is 0. The van der Waals surface area contributed by atoms with Crippen LogP contribution in [0.3, 0.4) is 0 Å². The molecule has 0 saturated carbocycles. The van der Waals surface area contributed by atoms with Crippen LogP contribution in [0.2, 0.25) is 0 Å². The van der Waals surface area contributed by atoms with Crippen LogP contribution in [-0.2, 0) is 17.7 Å². The Morgan fingerprint density at radius 2 is 1.80 bits per heavy atom. The first-order chi connectivity index (χ1) is 14.7. The van der Waals surface area contributed by atoms with Gasteiger partial charge in [0.25, 0.3) is 0 Å². The van der Waals surface area contributed by atoms with Crippen LogP contribution in [0.5, 0.6) is 0 Å². The second-order valence-corrected chi connectivity index (χ2v) is 8.65. The number of hydrogen-bond donors (Lipinski definition) is 1. The number of piperazine rings is 1. The van der Waals surface area contributed by atoms with Crippen LogP contribution in [0, 0.1) is 0 Å². The van der Waals surface area contributed by atoms with Gasteiger partial charge in [-0.1, -0.05) is 30.3 Å². The number of urea groups is 1. The summed E-state index contributed by atoms with van der Waals surface area (Å²) in [7, 11) is 1.38. The number of carbonyl (C=O) groups excluding carboxylic acids is 2. The van der Waals surface area contributed by atoms with Gasteiger partial charge in [0.1, 0.15) is 0 Å². The molecule has 0 bridgehead atoms. The van der Waals surface area contributed by atoms with E-state index in [9.17, 15) is 9.59 Å². The number of ether oxygens (including phenoxy) is 1. The third-order valence-electron chi connectivity index (χ3n) is 5.91. The van der Waals surface area contributed by atoms with E-state index in [4.69, 9.17) is 4.74 Å². The van der Waals surface area contributed by atoms with Crippen molar-refractivity contribution in [2.24, 2.45) is 0 Å². The fraction of sp³-hybridized carbons (Fsp3) is 0.455. The van der Waals surface area contributed by atoms with Crippen LogP contribution in [0.25, 0.3) is 0 Å². The van der Waals surface area contributed by atoms with E-state index in [0.717, 1.165) is 19.5 Å². The number of nitrogens with one attached hydrogen (secondary N) is 1. The maximum absolute atomic E-state index is 12.8. The fourth-order valence-corrected chi connectivity index (χ4v) is 5.08. The number of rotatable bonds is 4. The van der Waals surface area contributed by atoms with Gasteiger partial charge in [-0.2, -0.15) is 0 Å². The van der Waals surface area contributed by atoms with E-state index in [0.29, 0.717) is 32.7 Å². The van der Waals surface area contributed by atoms with Crippen LogP contribution in [0.1, 0.15) is 22.0 Å². The molecular weight excluding hydrogens is 400 g/mol. The second-order valence-electron chi connectivity index (χ2n) is 7.65. The molecule has 1 saturated heterocycles. The van der Waals surface area contributed by atoms with Crippen LogP contribution < -0.4 is 5.32 Å². The average Bonchev–Trinajstić information content (AvgIpc) is 3.27. The summed E-state index contributed by atoms with van der Waals surface area (Å²) >= 11 is 1.84. The summed E-state index contributed by atoms with van der Waals surface area (Å²) in [6.07, 6.45) is 0.719. The Morgan fingerprint density at radius 1 is 1.07 bits per heavy atom. The molecule has 2 aromatic rings. The van der Waals surface area contributed by atoms with Crippen molar-refractivity contribution in [2.75, 3.05) is 46.4 Å². The summed E-state index contributed by atoms with van der Waals surface area (Å²) in [4.78, 5) is 31.8. The minimum atomic E-state index is -0.336. The van der Waals surface area contributed by atoms with Gasteiger partial charge in [0.15, 0.2) is 0 Å². The molecule has 1 unspecified atom stereocenters. The zero-order valence-corrected chi connectivity index (χ0v) is 18.1. The fourth-order valence-electron chi connectivity index (χ4n) is 4.19. The molecule has 1 aromatic heterocycles. The normalized spacial score (nSPS) is 17.9. The third kappa shape index (κ3) is 4.60. The number of amides is 3. The van der Waals surface area contributed by atoms with Gasteiger partial charge < -0.3 is 19.9 Å². The monoisotopic (exact) mass is 428 g/mol. The number of thiophene rings is 1.